The van der Waals surface area contributed by atoms with E-state index in [9.17, 15) is 9.59 Å². The average molecular weight is 242 g/mol. The SMILES string of the molecule is O=C1C(Cl)=C(c2ccccc2)C(=O)N1Cl. The predicted molar refractivity (Wildman–Crippen MR) is 56.9 cm³/mol. The summed E-state index contributed by atoms with van der Waals surface area (Å²) in [6.07, 6.45) is 0. The van der Waals surface area contributed by atoms with Crippen LogP contribution < -0.4 is 0 Å². The molecule has 0 fully saturated rings. The molecule has 5 heteroatoms. The van der Waals surface area contributed by atoms with Gasteiger partial charge in [0.25, 0.3) is 11.8 Å². The molecular weight excluding hydrogens is 237 g/mol. The summed E-state index contributed by atoms with van der Waals surface area (Å²) in [6.45, 7) is 0. The van der Waals surface area contributed by atoms with E-state index in [4.69, 9.17) is 23.4 Å². The van der Waals surface area contributed by atoms with Crippen LogP contribution in [0.2, 0.25) is 0 Å². The van der Waals surface area contributed by atoms with Crippen molar-refractivity contribution < 1.29 is 9.59 Å². The fourth-order valence-corrected chi connectivity index (χ4v) is 1.82. The second-order valence-electron chi connectivity index (χ2n) is 2.95. The summed E-state index contributed by atoms with van der Waals surface area (Å²) in [5, 5.41) is -0.138. The van der Waals surface area contributed by atoms with Gasteiger partial charge in [0.1, 0.15) is 5.03 Å². The Morgan fingerprint density at radius 1 is 1.00 bits per heavy atom. The number of amides is 2. The summed E-state index contributed by atoms with van der Waals surface area (Å²) in [4.78, 5) is 22.8. The lowest BCUT2D eigenvalue weighted by Gasteiger charge is -2.02. The highest BCUT2D eigenvalue weighted by Gasteiger charge is 2.37. The molecule has 0 unspecified atom stereocenters. The van der Waals surface area contributed by atoms with Crippen molar-refractivity contribution in [1.29, 1.82) is 0 Å². The van der Waals surface area contributed by atoms with Gasteiger partial charge in [0, 0.05) is 11.8 Å². The number of hydrogen-bond donors (Lipinski definition) is 0. The van der Waals surface area contributed by atoms with E-state index in [0.29, 0.717) is 9.98 Å². The second-order valence-corrected chi connectivity index (χ2v) is 3.66. The summed E-state index contributed by atoms with van der Waals surface area (Å²) in [5.74, 6) is -1.26. The Labute approximate surface area is 96.0 Å². The molecule has 0 saturated carbocycles. The van der Waals surface area contributed by atoms with Gasteiger partial charge in [-0.3, -0.25) is 9.59 Å². The van der Waals surface area contributed by atoms with Gasteiger partial charge in [-0.25, -0.2) is 0 Å². The van der Waals surface area contributed by atoms with Crippen molar-refractivity contribution >= 4 is 40.8 Å². The first-order valence-corrected chi connectivity index (χ1v) is 4.84. The van der Waals surface area contributed by atoms with E-state index >= 15 is 0 Å². The maximum absolute atomic E-state index is 11.6. The molecule has 0 aromatic heterocycles. The van der Waals surface area contributed by atoms with Crippen molar-refractivity contribution in [1.82, 2.24) is 4.42 Å². The van der Waals surface area contributed by atoms with Crippen LogP contribution in [0, 0.1) is 0 Å². The maximum atomic E-state index is 11.6. The molecule has 0 bridgehead atoms. The van der Waals surface area contributed by atoms with Gasteiger partial charge < -0.3 is 0 Å². The zero-order chi connectivity index (χ0) is 11.0. The Balaban J connectivity index is 2.55. The highest BCUT2D eigenvalue weighted by molar-refractivity contribution is 6.59. The minimum Gasteiger partial charge on any atom is -0.267 e. The van der Waals surface area contributed by atoms with Crippen LogP contribution in [-0.4, -0.2) is 16.2 Å². The molecule has 1 aliphatic heterocycles. The molecule has 3 nitrogen and oxygen atoms in total. The van der Waals surface area contributed by atoms with Crippen LogP contribution in [0.5, 0.6) is 0 Å². The largest absolute Gasteiger partial charge is 0.287 e. The lowest BCUT2D eigenvalue weighted by atomic mass is 10.1. The number of carbonyl (C=O) groups is 2. The van der Waals surface area contributed by atoms with E-state index in [-0.39, 0.29) is 10.6 Å². The van der Waals surface area contributed by atoms with E-state index in [1.165, 1.54) is 0 Å². The molecule has 1 aromatic carbocycles. The van der Waals surface area contributed by atoms with Crippen LogP contribution in [0.4, 0.5) is 0 Å². The van der Waals surface area contributed by atoms with Crippen molar-refractivity contribution in [3.8, 4) is 0 Å². The van der Waals surface area contributed by atoms with E-state index in [1.807, 2.05) is 0 Å². The topological polar surface area (TPSA) is 37.4 Å². The highest BCUT2D eigenvalue weighted by Crippen LogP contribution is 2.32. The number of rotatable bonds is 1. The monoisotopic (exact) mass is 241 g/mol. The molecule has 15 heavy (non-hydrogen) atoms. The maximum Gasteiger partial charge on any atom is 0.287 e. The van der Waals surface area contributed by atoms with Gasteiger partial charge in [0.2, 0.25) is 0 Å². The van der Waals surface area contributed by atoms with E-state index in [0.717, 1.165) is 0 Å². The molecule has 0 spiro atoms. The van der Waals surface area contributed by atoms with E-state index in [1.54, 1.807) is 30.3 Å². The third-order valence-electron chi connectivity index (χ3n) is 2.04. The summed E-state index contributed by atoms with van der Waals surface area (Å²) in [7, 11) is 0. The highest BCUT2D eigenvalue weighted by atomic mass is 35.5. The fraction of sp³-hybridized carbons (Fsp3) is 0. The van der Waals surface area contributed by atoms with E-state index in [2.05, 4.69) is 0 Å². The third-order valence-corrected chi connectivity index (χ3v) is 2.70. The average Bonchev–Trinajstić information content (AvgIpc) is 2.45. The Kier molecular flexibility index (Phi) is 2.50. The minimum atomic E-state index is -0.679. The standard InChI is InChI=1S/C10H5Cl2NO2/c11-8-7(6-4-2-1-3-5-6)9(14)13(12)10(8)15/h1-5H. The number of benzene rings is 1. The molecule has 0 radical (unpaired) electrons. The fourth-order valence-electron chi connectivity index (χ4n) is 1.33. The summed E-state index contributed by atoms with van der Waals surface area (Å²) in [5.41, 5.74) is 0.737. The smallest absolute Gasteiger partial charge is 0.267 e. The lowest BCUT2D eigenvalue weighted by molar-refractivity contribution is -0.130. The van der Waals surface area contributed by atoms with Gasteiger partial charge in [-0.2, -0.15) is 4.42 Å². The van der Waals surface area contributed by atoms with Gasteiger partial charge in [-0.15, -0.1) is 0 Å². The zero-order valence-corrected chi connectivity index (χ0v) is 8.92. The first-order valence-electron chi connectivity index (χ1n) is 4.12. The number of hydrogen-bond acceptors (Lipinski definition) is 2. The van der Waals surface area contributed by atoms with Crippen LogP contribution in [0.1, 0.15) is 5.56 Å². The molecule has 0 atom stereocenters. The van der Waals surface area contributed by atoms with Crippen molar-refractivity contribution in [3.63, 3.8) is 0 Å². The van der Waals surface area contributed by atoms with Gasteiger partial charge >= 0.3 is 0 Å². The van der Waals surface area contributed by atoms with Gasteiger partial charge in [-0.05, 0) is 5.56 Å². The zero-order valence-electron chi connectivity index (χ0n) is 7.41. The summed E-state index contributed by atoms with van der Waals surface area (Å²) >= 11 is 11.2. The predicted octanol–water partition coefficient (Wildman–Crippen LogP) is 2.16. The van der Waals surface area contributed by atoms with Crippen molar-refractivity contribution in [2.45, 2.75) is 0 Å². The third kappa shape index (κ3) is 1.54. The Bertz CT molecular complexity index is 468. The first kappa shape index (κ1) is 10.2. The normalized spacial score (nSPS) is 16.5. The van der Waals surface area contributed by atoms with Gasteiger partial charge in [-0.1, -0.05) is 41.9 Å². The molecule has 0 saturated heterocycles. The summed E-state index contributed by atoms with van der Waals surface area (Å²) < 4.78 is 0.491. The first-order chi connectivity index (χ1) is 7.13. The van der Waals surface area contributed by atoms with Crippen LogP contribution in [0.3, 0.4) is 0 Å². The van der Waals surface area contributed by atoms with Crippen molar-refractivity contribution in [2.75, 3.05) is 0 Å². The molecule has 1 aromatic rings. The number of halogens is 2. The molecule has 2 rings (SSSR count). The number of carbonyl (C=O) groups excluding carboxylic acids is 2. The Morgan fingerprint density at radius 2 is 1.60 bits per heavy atom. The second kappa shape index (κ2) is 3.68. The van der Waals surface area contributed by atoms with Gasteiger partial charge in [0.05, 0.1) is 5.57 Å². The molecule has 1 heterocycles. The van der Waals surface area contributed by atoms with Crippen molar-refractivity contribution in [3.05, 3.63) is 40.9 Å². The van der Waals surface area contributed by atoms with Crippen LogP contribution >= 0.6 is 23.4 Å². The lowest BCUT2D eigenvalue weighted by Crippen LogP contribution is -2.20. The molecule has 0 N–H and O–H groups in total. The molecular formula is C10H5Cl2NO2. The minimum absolute atomic E-state index is 0.138. The number of nitrogens with zero attached hydrogens (tertiary/aromatic N) is 1. The molecule has 76 valence electrons. The molecule has 2 amide bonds. The van der Waals surface area contributed by atoms with Crippen LogP contribution in [0.25, 0.3) is 5.57 Å². The molecule has 1 aliphatic rings. The Hall–Kier alpha value is -1.32. The molecule has 0 aliphatic carbocycles. The quantitative estimate of drug-likeness (QED) is 0.559. The Morgan fingerprint density at radius 3 is 2.07 bits per heavy atom. The van der Waals surface area contributed by atoms with Crippen molar-refractivity contribution in [2.24, 2.45) is 0 Å². The van der Waals surface area contributed by atoms with Crippen LogP contribution in [-0.2, 0) is 9.59 Å². The summed E-state index contributed by atoms with van der Waals surface area (Å²) in [6, 6.07) is 8.69. The van der Waals surface area contributed by atoms with Crippen LogP contribution in [0.15, 0.2) is 35.4 Å². The number of imide groups is 1. The van der Waals surface area contributed by atoms with E-state index < -0.39 is 11.8 Å². The van der Waals surface area contributed by atoms with Gasteiger partial charge in [0.15, 0.2) is 0 Å².